The number of hydrogen-bond donors (Lipinski definition) is 0. The summed E-state index contributed by atoms with van der Waals surface area (Å²) in [5.41, 5.74) is 0. The van der Waals surface area contributed by atoms with Gasteiger partial charge in [-0.15, -0.1) is 0 Å². The Hall–Kier alpha value is -0.280. The van der Waals surface area contributed by atoms with Crippen LogP contribution in [0.5, 0.6) is 0 Å². The number of nitrogens with zero attached hydrogens (tertiary/aromatic N) is 1. The zero-order chi connectivity index (χ0) is 14.3. The fraction of sp³-hybridized carbons (Fsp3) is 0.571. The predicted octanol–water partition coefficient (Wildman–Crippen LogP) is 3.61. The summed E-state index contributed by atoms with van der Waals surface area (Å²) in [5.74, 6) is 0.806. The van der Waals surface area contributed by atoms with E-state index in [-0.39, 0.29) is 0 Å². The van der Waals surface area contributed by atoms with Crippen LogP contribution in [0, 0.1) is 0 Å². The highest BCUT2D eigenvalue weighted by atomic mass is 32.7. The van der Waals surface area contributed by atoms with E-state index in [1.807, 2.05) is 37.3 Å². The van der Waals surface area contributed by atoms with Gasteiger partial charge in [0.2, 0.25) is 0 Å². The molecule has 0 saturated carbocycles. The van der Waals surface area contributed by atoms with Crippen molar-refractivity contribution in [1.29, 1.82) is 0 Å². The van der Waals surface area contributed by atoms with Crippen LogP contribution in [-0.4, -0.2) is 36.9 Å². The maximum atomic E-state index is 12.9. The van der Waals surface area contributed by atoms with Crippen LogP contribution >= 0.6 is 18.0 Å². The molecule has 0 aliphatic rings. The second-order valence-corrected chi connectivity index (χ2v) is 9.31. The Bertz CT molecular complexity index is 411. The van der Waals surface area contributed by atoms with Crippen LogP contribution in [0.3, 0.4) is 0 Å². The van der Waals surface area contributed by atoms with Crippen molar-refractivity contribution in [3.63, 3.8) is 0 Å². The van der Waals surface area contributed by atoms with Gasteiger partial charge in [-0.25, -0.2) is 0 Å². The summed E-state index contributed by atoms with van der Waals surface area (Å²) < 4.78 is 18.4. The molecule has 0 spiro atoms. The normalized spacial score (nSPS) is 14.8. The van der Waals surface area contributed by atoms with Crippen molar-refractivity contribution >= 4 is 23.3 Å². The quantitative estimate of drug-likeness (QED) is 0.686. The summed E-state index contributed by atoms with van der Waals surface area (Å²) >= 11 is 1.44. The van der Waals surface area contributed by atoms with E-state index >= 15 is 0 Å². The third-order valence-electron chi connectivity index (χ3n) is 2.96. The van der Waals surface area contributed by atoms with Crippen LogP contribution < -0.4 is 5.30 Å². The lowest BCUT2D eigenvalue weighted by molar-refractivity contribution is 0.291. The van der Waals surface area contributed by atoms with Crippen LogP contribution in [0.15, 0.2) is 30.3 Å². The second kappa shape index (κ2) is 8.11. The van der Waals surface area contributed by atoms with Gasteiger partial charge in [0.1, 0.15) is 0 Å². The fourth-order valence-electron chi connectivity index (χ4n) is 1.53. The van der Waals surface area contributed by atoms with Gasteiger partial charge in [0.05, 0.1) is 6.61 Å². The van der Waals surface area contributed by atoms with E-state index in [0.29, 0.717) is 12.6 Å². The van der Waals surface area contributed by atoms with Gasteiger partial charge in [-0.05, 0) is 40.0 Å². The minimum absolute atomic E-state index is 0.471. The summed E-state index contributed by atoms with van der Waals surface area (Å²) in [5, 5.41) is 0.800. The SMILES string of the molecule is CCOP(=O)(SCCN(C)C(C)C)c1ccccc1. The monoisotopic (exact) mass is 301 g/mol. The minimum atomic E-state index is -2.77. The van der Waals surface area contributed by atoms with Gasteiger partial charge < -0.3 is 9.42 Å². The molecule has 0 radical (unpaired) electrons. The Morgan fingerprint density at radius 1 is 1.32 bits per heavy atom. The summed E-state index contributed by atoms with van der Waals surface area (Å²) in [6.07, 6.45) is 0. The molecule has 1 unspecified atom stereocenters. The zero-order valence-corrected chi connectivity index (χ0v) is 13.9. The Kier molecular flexibility index (Phi) is 7.16. The Balaban J connectivity index is 2.65. The highest BCUT2D eigenvalue weighted by molar-refractivity contribution is 8.58. The lowest BCUT2D eigenvalue weighted by Gasteiger charge is -2.22. The molecular weight excluding hydrogens is 277 g/mol. The molecule has 108 valence electrons. The maximum absolute atomic E-state index is 12.9. The summed E-state index contributed by atoms with van der Waals surface area (Å²) in [7, 11) is 2.08. The van der Waals surface area contributed by atoms with Crippen molar-refractivity contribution in [1.82, 2.24) is 4.90 Å². The topological polar surface area (TPSA) is 29.5 Å². The van der Waals surface area contributed by atoms with Gasteiger partial charge in [-0.2, -0.15) is 0 Å². The van der Waals surface area contributed by atoms with Crippen molar-refractivity contribution < 1.29 is 9.09 Å². The molecule has 0 aliphatic heterocycles. The minimum Gasteiger partial charge on any atom is -0.318 e. The first-order valence-corrected chi connectivity index (χ1v) is 9.86. The first-order valence-electron chi connectivity index (χ1n) is 6.64. The standard InChI is InChI=1S/C14H24NO2PS/c1-5-17-18(16,14-9-7-6-8-10-14)19-12-11-15(4)13(2)3/h6-10,13H,5,11-12H2,1-4H3. The molecule has 1 atom stereocenters. The molecule has 0 bridgehead atoms. The van der Waals surface area contributed by atoms with Gasteiger partial charge >= 0.3 is 0 Å². The van der Waals surface area contributed by atoms with E-state index in [2.05, 4.69) is 25.8 Å². The highest BCUT2D eigenvalue weighted by Gasteiger charge is 2.26. The molecule has 1 aromatic carbocycles. The first kappa shape index (κ1) is 16.8. The van der Waals surface area contributed by atoms with Crippen molar-refractivity contribution in [3.8, 4) is 0 Å². The Morgan fingerprint density at radius 3 is 2.47 bits per heavy atom. The zero-order valence-electron chi connectivity index (χ0n) is 12.2. The van der Waals surface area contributed by atoms with Crippen molar-refractivity contribution in [2.75, 3.05) is 26.0 Å². The van der Waals surface area contributed by atoms with Crippen LogP contribution in [-0.2, 0) is 9.09 Å². The molecule has 0 fully saturated rings. The van der Waals surface area contributed by atoms with E-state index in [9.17, 15) is 4.57 Å². The van der Waals surface area contributed by atoms with Crippen LogP contribution in [0.2, 0.25) is 0 Å². The largest absolute Gasteiger partial charge is 0.318 e. The van der Waals surface area contributed by atoms with Crippen LogP contribution in [0.25, 0.3) is 0 Å². The van der Waals surface area contributed by atoms with Crippen molar-refractivity contribution in [2.45, 2.75) is 26.8 Å². The van der Waals surface area contributed by atoms with E-state index in [1.165, 1.54) is 11.4 Å². The highest BCUT2D eigenvalue weighted by Crippen LogP contribution is 2.58. The van der Waals surface area contributed by atoms with E-state index in [4.69, 9.17) is 4.52 Å². The predicted molar refractivity (Wildman–Crippen MR) is 85.5 cm³/mol. The van der Waals surface area contributed by atoms with Crippen molar-refractivity contribution in [3.05, 3.63) is 30.3 Å². The lowest BCUT2D eigenvalue weighted by Crippen LogP contribution is -2.28. The summed E-state index contributed by atoms with van der Waals surface area (Å²) in [6, 6.07) is 10.0. The summed E-state index contributed by atoms with van der Waals surface area (Å²) in [4.78, 5) is 2.24. The third kappa shape index (κ3) is 5.31. The number of benzene rings is 1. The molecule has 1 aromatic rings. The smallest absolute Gasteiger partial charge is 0.287 e. The average Bonchev–Trinajstić information content (AvgIpc) is 2.40. The first-order chi connectivity index (χ1) is 8.99. The lowest BCUT2D eigenvalue weighted by atomic mass is 10.3. The van der Waals surface area contributed by atoms with Gasteiger partial charge in [0, 0.05) is 23.6 Å². The Morgan fingerprint density at radius 2 is 1.95 bits per heavy atom. The molecule has 0 aliphatic carbocycles. The van der Waals surface area contributed by atoms with Crippen LogP contribution in [0.4, 0.5) is 0 Å². The Labute approximate surface area is 120 Å². The molecule has 0 N–H and O–H groups in total. The molecular formula is C14H24NO2PS. The second-order valence-electron chi connectivity index (χ2n) is 4.66. The maximum Gasteiger partial charge on any atom is 0.287 e. The molecule has 0 aromatic heterocycles. The van der Waals surface area contributed by atoms with Gasteiger partial charge in [0.15, 0.2) is 0 Å². The molecule has 0 saturated heterocycles. The molecule has 5 heteroatoms. The number of hydrogen-bond acceptors (Lipinski definition) is 4. The average molecular weight is 301 g/mol. The van der Waals surface area contributed by atoms with Crippen LogP contribution in [0.1, 0.15) is 20.8 Å². The van der Waals surface area contributed by atoms with Gasteiger partial charge in [-0.3, -0.25) is 4.57 Å². The molecule has 0 amide bonds. The fourth-order valence-corrected chi connectivity index (χ4v) is 5.71. The molecule has 0 heterocycles. The van der Waals surface area contributed by atoms with Gasteiger partial charge in [0.25, 0.3) is 6.57 Å². The summed E-state index contributed by atoms with van der Waals surface area (Å²) in [6.45, 7) is 4.81. The molecule has 19 heavy (non-hydrogen) atoms. The van der Waals surface area contributed by atoms with Crippen molar-refractivity contribution in [2.24, 2.45) is 0 Å². The molecule has 1 rings (SSSR count). The van der Waals surface area contributed by atoms with E-state index in [1.54, 1.807) is 0 Å². The molecule has 3 nitrogen and oxygen atoms in total. The van der Waals surface area contributed by atoms with E-state index < -0.39 is 6.57 Å². The van der Waals surface area contributed by atoms with Gasteiger partial charge in [-0.1, -0.05) is 29.6 Å². The third-order valence-corrected chi connectivity index (χ3v) is 7.71. The number of rotatable bonds is 8. The van der Waals surface area contributed by atoms with E-state index in [0.717, 1.165) is 17.6 Å².